The molecule has 1 saturated carbocycles. The number of hydrogen-bond donors (Lipinski definition) is 1. The molecule has 0 radical (unpaired) electrons. The van der Waals surface area contributed by atoms with Gasteiger partial charge in [-0.25, -0.2) is 4.98 Å². The van der Waals surface area contributed by atoms with Crippen LogP contribution in [0.4, 0.5) is 0 Å². The van der Waals surface area contributed by atoms with Crippen LogP contribution in [-0.2, 0) is 11.8 Å². The quantitative estimate of drug-likeness (QED) is 0.899. The number of rotatable bonds is 3. The summed E-state index contributed by atoms with van der Waals surface area (Å²) in [5, 5.41) is 12.9. The number of carboxylic acids is 1. The third kappa shape index (κ3) is 2.11. The molecule has 7 nitrogen and oxygen atoms in total. The summed E-state index contributed by atoms with van der Waals surface area (Å²) in [4.78, 5) is 19.3. The third-order valence-electron chi connectivity index (χ3n) is 3.62. The molecular weight excluding hydrogens is 248 g/mol. The largest absolute Gasteiger partial charge is 0.481 e. The number of carbonyl (C=O) groups is 1. The molecule has 1 N–H and O–H groups in total. The molecule has 3 rings (SSSR count). The molecule has 0 aliphatic heterocycles. The van der Waals surface area contributed by atoms with E-state index in [1.54, 1.807) is 12.5 Å². The van der Waals surface area contributed by atoms with Crippen LogP contribution in [0.25, 0.3) is 11.5 Å². The van der Waals surface area contributed by atoms with Crippen LogP contribution < -0.4 is 0 Å². The summed E-state index contributed by atoms with van der Waals surface area (Å²) >= 11 is 0. The number of imidazole rings is 1. The van der Waals surface area contributed by atoms with Gasteiger partial charge < -0.3 is 14.2 Å². The predicted molar refractivity (Wildman–Crippen MR) is 64.2 cm³/mol. The highest BCUT2D eigenvalue weighted by Gasteiger charge is 2.33. The van der Waals surface area contributed by atoms with Crippen molar-refractivity contribution in [3.63, 3.8) is 0 Å². The normalized spacial score (nSPS) is 22.8. The second kappa shape index (κ2) is 4.49. The van der Waals surface area contributed by atoms with E-state index in [-0.39, 0.29) is 11.8 Å². The summed E-state index contributed by atoms with van der Waals surface area (Å²) in [6.07, 6.45) is 5.36. The van der Waals surface area contributed by atoms with Crippen molar-refractivity contribution in [1.29, 1.82) is 0 Å². The Bertz CT molecular complexity index is 604. The SMILES string of the molecule is Cn1cncc1-c1noc(C2CCC(C(=O)O)C2)n1. The first kappa shape index (κ1) is 11.9. The van der Waals surface area contributed by atoms with E-state index in [2.05, 4.69) is 15.1 Å². The maximum Gasteiger partial charge on any atom is 0.306 e. The van der Waals surface area contributed by atoms with Gasteiger partial charge in [0.15, 0.2) is 0 Å². The lowest BCUT2D eigenvalue weighted by Crippen LogP contribution is -2.09. The van der Waals surface area contributed by atoms with Gasteiger partial charge in [0, 0.05) is 13.0 Å². The summed E-state index contributed by atoms with van der Waals surface area (Å²) in [5.41, 5.74) is 0.780. The molecule has 19 heavy (non-hydrogen) atoms. The maximum absolute atomic E-state index is 10.9. The standard InChI is InChI=1S/C12H14N4O3/c1-16-6-13-5-9(16)10-14-11(19-15-10)7-2-3-8(4-7)12(17)18/h5-8H,2-4H2,1H3,(H,17,18). The lowest BCUT2D eigenvalue weighted by atomic mass is 10.1. The zero-order chi connectivity index (χ0) is 13.4. The Morgan fingerprint density at radius 2 is 2.37 bits per heavy atom. The Kier molecular flexibility index (Phi) is 2.81. The summed E-state index contributed by atoms with van der Waals surface area (Å²) in [6.45, 7) is 0. The summed E-state index contributed by atoms with van der Waals surface area (Å²) in [7, 11) is 1.86. The fourth-order valence-electron chi connectivity index (χ4n) is 2.51. The predicted octanol–water partition coefficient (Wildman–Crippen LogP) is 1.44. The average molecular weight is 262 g/mol. The summed E-state index contributed by atoms with van der Waals surface area (Å²) in [6, 6.07) is 0. The van der Waals surface area contributed by atoms with Crippen molar-refractivity contribution in [2.45, 2.75) is 25.2 Å². The van der Waals surface area contributed by atoms with Crippen molar-refractivity contribution in [2.75, 3.05) is 0 Å². The topological polar surface area (TPSA) is 94.0 Å². The molecule has 1 aliphatic rings. The number of aryl methyl sites for hydroxylation is 1. The molecule has 0 bridgehead atoms. The second-order valence-corrected chi connectivity index (χ2v) is 4.89. The van der Waals surface area contributed by atoms with Crippen LogP contribution >= 0.6 is 0 Å². The molecule has 1 aliphatic carbocycles. The van der Waals surface area contributed by atoms with Crippen molar-refractivity contribution in [3.05, 3.63) is 18.4 Å². The van der Waals surface area contributed by atoms with Gasteiger partial charge in [0.1, 0.15) is 5.69 Å². The smallest absolute Gasteiger partial charge is 0.306 e. The molecule has 2 unspecified atom stereocenters. The Morgan fingerprint density at radius 3 is 3.00 bits per heavy atom. The molecule has 2 aromatic heterocycles. The van der Waals surface area contributed by atoms with Crippen molar-refractivity contribution < 1.29 is 14.4 Å². The van der Waals surface area contributed by atoms with Gasteiger partial charge in [-0.2, -0.15) is 4.98 Å². The molecule has 2 atom stereocenters. The van der Waals surface area contributed by atoms with E-state index in [0.717, 1.165) is 12.1 Å². The van der Waals surface area contributed by atoms with Crippen LogP contribution in [0.1, 0.15) is 31.1 Å². The van der Waals surface area contributed by atoms with Crippen molar-refractivity contribution in [3.8, 4) is 11.5 Å². The molecule has 1 fully saturated rings. The number of aliphatic carboxylic acids is 1. The van der Waals surface area contributed by atoms with Gasteiger partial charge in [-0.05, 0) is 19.3 Å². The molecule has 0 spiro atoms. The lowest BCUT2D eigenvalue weighted by Gasteiger charge is -2.02. The fourth-order valence-corrected chi connectivity index (χ4v) is 2.51. The van der Waals surface area contributed by atoms with Crippen LogP contribution in [0.15, 0.2) is 17.0 Å². The van der Waals surface area contributed by atoms with Crippen molar-refractivity contribution >= 4 is 5.97 Å². The molecule has 0 amide bonds. The van der Waals surface area contributed by atoms with Crippen LogP contribution in [0.3, 0.4) is 0 Å². The number of nitrogens with zero attached hydrogens (tertiary/aromatic N) is 4. The van der Waals surface area contributed by atoms with E-state index < -0.39 is 5.97 Å². The van der Waals surface area contributed by atoms with Crippen molar-refractivity contribution in [2.24, 2.45) is 13.0 Å². The monoisotopic (exact) mass is 262 g/mol. The number of aromatic nitrogens is 4. The first-order chi connectivity index (χ1) is 9.15. The van der Waals surface area contributed by atoms with Gasteiger partial charge in [0.2, 0.25) is 11.7 Å². The summed E-state index contributed by atoms with van der Waals surface area (Å²) in [5.74, 6) is 0.0372. The molecule has 100 valence electrons. The Balaban J connectivity index is 1.79. The number of carboxylic acid groups (broad SMARTS) is 1. The Morgan fingerprint density at radius 1 is 1.53 bits per heavy atom. The molecule has 7 heteroatoms. The van der Waals surface area contributed by atoms with Crippen LogP contribution in [0.2, 0.25) is 0 Å². The minimum atomic E-state index is -0.742. The second-order valence-electron chi connectivity index (χ2n) is 4.89. The van der Waals surface area contributed by atoms with Gasteiger partial charge in [-0.15, -0.1) is 0 Å². The van der Waals surface area contributed by atoms with Crippen LogP contribution in [-0.4, -0.2) is 30.8 Å². The number of hydrogen-bond acceptors (Lipinski definition) is 5. The fraction of sp³-hybridized carbons (Fsp3) is 0.500. The maximum atomic E-state index is 10.9. The van der Waals surface area contributed by atoms with Gasteiger partial charge in [0.25, 0.3) is 0 Å². The van der Waals surface area contributed by atoms with Gasteiger partial charge >= 0.3 is 5.97 Å². The van der Waals surface area contributed by atoms with E-state index in [1.165, 1.54) is 0 Å². The highest BCUT2D eigenvalue weighted by Crippen LogP contribution is 2.38. The Hall–Kier alpha value is -2.18. The molecule has 0 aromatic carbocycles. The minimum absolute atomic E-state index is 0.0515. The molecular formula is C12H14N4O3. The Labute approximate surface area is 109 Å². The van der Waals surface area contributed by atoms with Gasteiger partial charge in [-0.3, -0.25) is 4.79 Å². The third-order valence-corrected chi connectivity index (χ3v) is 3.62. The van der Waals surface area contributed by atoms with Gasteiger partial charge in [0.05, 0.1) is 18.4 Å². The zero-order valence-corrected chi connectivity index (χ0v) is 10.5. The van der Waals surface area contributed by atoms with Crippen LogP contribution in [0.5, 0.6) is 0 Å². The average Bonchev–Trinajstić information content (AvgIpc) is 3.07. The zero-order valence-electron chi connectivity index (χ0n) is 10.5. The van der Waals surface area contributed by atoms with E-state index in [9.17, 15) is 4.79 Å². The van der Waals surface area contributed by atoms with Gasteiger partial charge in [-0.1, -0.05) is 5.16 Å². The first-order valence-electron chi connectivity index (χ1n) is 6.18. The first-order valence-corrected chi connectivity index (χ1v) is 6.18. The molecule has 0 saturated heterocycles. The molecule has 2 aromatic rings. The van der Waals surface area contributed by atoms with E-state index in [0.29, 0.717) is 24.6 Å². The van der Waals surface area contributed by atoms with Crippen LogP contribution in [0, 0.1) is 5.92 Å². The van der Waals surface area contributed by atoms with E-state index in [4.69, 9.17) is 9.63 Å². The lowest BCUT2D eigenvalue weighted by molar-refractivity contribution is -0.141. The highest BCUT2D eigenvalue weighted by atomic mass is 16.5. The van der Waals surface area contributed by atoms with E-state index >= 15 is 0 Å². The van der Waals surface area contributed by atoms with Crippen molar-refractivity contribution in [1.82, 2.24) is 19.7 Å². The molecule has 2 heterocycles. The highest BCUT2D eigenvalue weighted by molar-refractivity contribution is 5.70. The minimum Gasteiger partial charge on any atom is -0.481 e. The summed E-state index contributed by atoms with van der Waals surface area (Å²) < 4.78 is 7.07. The van der Waals surface area contributed by atoms with E-state index in [1.807, 2.05) is 11.6 Å².